The summed E-state index contributed by atoms with van der Waals surface area (Å²) in [5.41, 5.74) is 0. The Morgan fingerprint density at radius 2 is 2.10 bits per heavy atom. The third-order valence-electron chi connectivity index (χ3n) is 2.41. The first-order valence-corrected chi connectivity index (χ1v) is 5.92. The Hall–Kier alpha value is -1.90. The van der Waals surface area contributed by atoms with Crippen molar-refractivity contribution in [1.29, 1.82) is 0 Å². The molecule has 0 atom stereocenters. The van der Waals surface area contributed by atoms with E-state index in [0.29, 0.717) is 18.8 Å². The Kier molecular flexibility index (Phi) is 4.07. The maximum atomic E-state index is 12.5. The van der Waals surface area contributed by atoms with E-state index in [1.165, 1.54) is 6.07 Å². The zero-order valence-electron chi connectivity index (χ0n) is 10.3. The molecule has 20 heavy (non-hydrogen) atoms. The predicted octanol–water partition coefficient (Wildman–Crippen LogP) is 1.93. The van der Waals surface area contributed by atoms with Crippen molar-refractivity contribution in [1.82, 2.24) is 24.7 Å². The van der Waals surface area contributed by atoms with Crippen molar-refractivity contribution in [2.24, 2.45) is 7.05 Å². The van der Waals surface area contributed by atoms with E-state index in [1.54, 1.807) is 17.9 Å². The number of aryl methyl sites for hydroxylation is 1. The molecule has 0 aliphatic heterocycles. The normalized spacial score (nSPS) is 11.7. The zero-order chi connectivity index (χ0) is 14.8. The Balaban J connectivity index is 2.03. The van der Waals surface area contributed by atoms with Crippen LogP contribution in [0.5, 0.6) is 0 Å². The number of alkyl halides is 3. The SMILES string of the molecule is Cn1cnnc1CCNc1cc(Cl)nc(C(F)(F)F)n1. The fraction of sp³-hybridized carbons (Fsp3) is 0.400. The van der Waals surface area contributed by atoms with Crippen molar-refractivity contribution >= 4 is 17.4 Å². The van der Waals surface area contributed by atoms with E-state index in [-0.39, 0.29) is 11.0 Å². The fourth-order valence-electron chi connectivity index (χ4n) is 1.47. The van der Waals surface area contributed by atoms with Crippen LogP contribution in [-0.2, 0) is 19.6 Å². The smallest absolute Gasteiger partial charge is 0.369 e. The van der Waals surface area contributed by atoms with Crippen molar-refractivity contribution in [3.8, 4) is 0 Å². The minimum atomic E-state index is -4.63. The third kappa shape index (κ3) is 3.56. The van der Waals surface area contributed by atoms with Gasteiger partial charge in [0, 0.05) is 26.1 Å². The minimum Gasteiger partial charge on any atom is -0.369 e. The maximum Gasteiger partial charge on any atom is 0.451 e. The van der Waals surface area contributed by atoms with Gasteiger partial charge in [-0.2, -0.15) is 13.2 Å². The molecule has 0 aromatic carbocycles. The van der Waals surface area contributed by atoms with Crippen LogP contribution < -0.4 is 5.32 Å². The molecule has 2 aromatic heterocycles. The second kappa shape index (κ2) is 5.61. The van der Waals surface area contributed by atoms with Gasteiger partial charge in [-0.3, -0.25) is 0 Å². The molecular weight excluding hydrogens is 297 g/mol. The van der Waals surface area contributed by atoms with Gasteiger partial charge in [-0.1, -0.05) is 11.6 Å². The Bertz CT molecular complexity index is 597. The second-order valence-electron chi connectivity index (χ2n) is 3.93. The summed E-state index contributed by atoms with van der Waals surface area (Å²) in [4.78, 5) is 6.51. The van der Waals surface area contributed by atoms with E-state index < -0.39 is 12.0 Å². The highest BCUT2D eigenvalue weighted by Crippen LogP contribution is 2.28. The maximum absolute atomic E-state index is 12.5. The lowest BCUT2D eigenvalue weighted by molar-refractivity contribution is -0.144. The van der Waals surface area contributed by atoms with Crippen LogP contribution >= 0.6 is 11.6 Å². The lowest BCUT2D eigenvalue weighted by Gasteiger charge is -2.09. The zero-order valence-corrected chi connectivity index (χ0v) is 11.1. The highest BCUT2D eigenvalue weighted by Gasteiger charge is 2.35. The number of nitrogens with one attached hydrogen (secondary N) is 1. The molecule has 0 radical (unpaired) electrons. The standard InChI is InChI=1S/C10H10ClF3N6/c1-20-5-16-19-8(20)2-3-15-7-4-6(11)17-9(18-7)10(12,13)14/h4-5H,2-3H2,1H3,(H,15,17,18). The molecule has 108 valence electrons. The van der Waals surface area contributed by atoms with E-state index in [1.807, 2.05) is 0 Å². The quantitative estimate of drug-likeness (QED) is 0.874. The van der Waals surface area contributed by atoms with Crippen LogP contribution in [0.2, 0.25) is 5.15 Å². The van der Waals surface area contributed by atoms with Crippen LogP contribution in [0.4, 0.5) is 19.0 Å². The van der Waals surface area contributed by atoms with E-state index in [9.17, 15) is 13.2 Å². The van der Waals surface area contributed by atoms with Gasteiger partial charge in [0.2, 0.25) is 5.82 Å². The van der Waals surface area contributed by atoms with Gasteiger partial charge >= 0.3 is 6.18 Å². The number of aromatic nitrogens is 5. The number of nitrogens with zero attached hydrogens (tertiary/aromatic N) is 5. The number of halogens is 4. The predicted molar refractivity (Wildman–Crippen MR) is 65.2 cm³/mol. The van der Waals surface area contributed by atoms with Crippen LogP contribution in [0, 0.1) is 0 Å². The van der Waals surface area contributed by atoms with Crippen LogP contribution in [0.1, 0.15) is 11.6 Å². The van der Waals surface area contributed by atoms with Crippen LogP contribution in [0.25, 0.3) is 0 Å². The van der Waals surface area contributed by atoms with Gasteiger partial charge in [0.15, 0.2) is 0 Å². The summed E-state index contributed by atoms with van der Waals surface area (Å²) in [5, 5.41) is 10.0. The van der Waals surface area contributed by atoms with Gasteiger partial charge in [-0.25, -0.2) is 9.97 Å². The van der Waals surface area contributed by atoms with Gasteiger partial charge in [-0.05, 0) is 0 Å². The monoisotopic (exact) mass is 306 g/mol. The molecule has 0 unspecified atom stereocenters. The minimum absolute atomic E-state index is 0.0134. The summed E-state index contributed by atoms with van der Waals surface area (Å²) < 4.78 is 39.3. The molecule has 2 rings (SSSR count). The molecular formula is C10H10ClF3N6. The number of anilines is 1. The van der Waals surface area contributed by atoms with Crippen LogP contribution in [0.3, 0.4) is 0 Å². The van der Waals surface area contributed by atoms with E-state index in [4.69, 9.17) is 11.6 Å². The molecule has 0 saturated heterocycles. The highest BCUT2D eigenvalue weighted by atomic mass is 35.5. The molecule has 6 nitrogen and oxygen atoms in total. The summed E-state index contributed by atoms with van der Waals surface area (Å²) in [7, 11) is 1.78. The fourth-order valence-corrected chi connectivity index (χ4v) is 1.65. The number of hydrogen-bond acceptors (Lipinski definition) is 5. The van der Waals surface area contributed by atoms with Crippen molar-refractivity contribution in [2.75, 3.05) is 11.9 Å². The lowest BCUT2D eigenvalue weighted by atomic mass is 10.4. The Morgan fingerprint density at radius 3 is 2.70 bits per heavy atom. The first kappa shape index (κ1) is 14.5. The Morgan fingerprint density at radius 1 is 1.35 bits per heavy atom. The van der Waals surface area contributed by atoms with E-state index in [2.05, 4.69) is 25.5 Å². The molecule has 0 spiro atoms. The van der Waals surface area contributed by atoms with Gasteiger partial charge < -0.3 is 9.88 Å². The first-order chi connectivity index (χ1) is 9.36. The summed E-state index contributed by atoms with van der Waals surface area (Å²) in [6.45, 7) is 0.344. The summed E-state index contributed by atoms with van der Waals surface area (Å²) >= 11 is 5.54. The van der Waals surface area contributed by atoms with Gasteiger partial charge in [0.25, 0.3) is 0 Å². The molecule has 0 bridgehead atoms. The number of hydrogen-bond donors (Lipinski definition) is 1. The van der Waals surface area contributed by atoms with Crippen molar-refractivity contribution < 1.29 is 13.2 Å². The van der Waals surface area contributed by atoms with Crippen molar-refractivity contribution in [3.05, 3.63) is 29.2 Å². The molecule has 0 amide bonds. The lowest BCUT2D eigenvalue weighted by Crippen LogP contribution is -2.15. The van der Waals surface area contributed by atoms with Gasteiger partial charge in [-0.15, -0.1) is 10.2 Å². The molecule has 2 heterocycles. The summed E-state index contributed by atoms with van der Waals surface area (Å²) in [5.74, 6) is -0.556. The van der Waals surface area contributed by atoms with Crippen LogP contribution in [-0.4, -0.2) is 31.3 Å². The van der Waals surface area contributed by atoms with Gasteiger partial charge in [0.1, 0.15) is 23.1 Å². The molecule has 10 heteroatoms. The molecule has 0 saturated carbocycles. The number of rotatable bonds is 4. The molecule has 0 fully saturated rings. The molecule has 0 aliphatic carbocycles. The summed E-state index contributed by atoms with van der Waals surface area (Å²) in [6, 6.07) is 1.23. The second-order valence-corrected chi connectivity index (χ2v) is 4.32. The average molecular weight is 307 g/mol. The largest absolute Gasteiger partial charge is 0.451 e. The van der Waals surface area contributed by atoms with E-state index in [0.717, 1.165) is 0 Å². The molecule has 1 N–H and O–H groups in total. The topological polar surface area (TPSA) is 68.5 Å². The van der Waals surface area contributed by atoms with E-state index >= 15 is 0 Å². The molecule has 0 aliphatic rings. The third-order valence-corrected chi connectivity index (χ3v) is 2.60. The summed E-state index contributed by atoms with van der Waals surface area (Å²) in [6.07, 6.45) is -2.61. The van der Waals surface area contributed by atoms with Gasteiger partial charge in [0.05, 0.1) is 0 Å². The van der Waals surface area contributed by atoms with Crippen molar-refractivity contribution in [2.45, 2.75) is 12.6 Å². The van der Waals surface area contributed by atoms with Crippen molar-refractivity contribution in [3.63, 3.8) is 0 Å². The highest BCUT2D eigenvalue weighted by molar-refractivity contribution is 6.29. The Labute approximate surface area is 117 Å². The average Bonchev–Trinajstić information content (AvgIpc) is 2.73. The molecule has 2 aromatic rings. The first-order valence-electron chi connectivity index (χ1n) is 5.55. The van der Waals surface area contributed by atoms with Crippen LogP contribution in [0.15, 0.2) is 12.4 Å².